The van der Waals surface area contributed by atoms with E-state index in [4.69, 9.17) is 18.6 Å². The normalized spacial score (nSPS) is 4.95. The molecule has 0 saturated carbocycles. The molecule has 0 aliphatic heterocycles. The Morgan fingerprint density at radius 1 is 0.429 bits per heavy atom. The minimum Gasteiger partial charge on any atom is -0.265 e. The molecule has 106 valence electrons. The topological polar surface area (TPSA) is 105 Å². The molecular formula is C14H10MoN2O4. The number of hydrogen-bond donors (Lipinski definition) is 0. The zero-order valence-corrected chi connectivity index (χ0v) is 12.7. The summed E-state index contributed by atoms with van der Waals surface area (Å²) in [6, 6.07) is 11.4. The van der Waals surface area contributed by atoms with Gasteiger partial charge in [-0.15, -0.1) is 0 Å². The molecule has 6 nitrogen and oxygen atoms in total. The molecule has 0 fully saturated rings. The van der Waals surface area contributed by atoms with Gasteiger partial charge in [0.05, 0.1) is 0 Å². The third kappa shape index (κ3) is 46.1. The van der Waals surface area contributed by atoms with Crippen molar-refractivity contribution in [2.24, 2.45) is 0 Å². The van der Waals surface area contributed by atoms with Gasteiger partial charge >= 0.3 is 45.2 Å². The van der Waals surface area contributed by atoms with Gasteiger partial charge in [-0.25, -0.2) is 0 Å². The van der Waals surface area contributed by atoms with Gasteiger partial charge in [0.2, 0.25) is 0 Å². The van der Waals surface area contributed by atoms with Gasteiger partial charge in [-0.2, -0.15) is 0 Å². The molecule has 0 unspecified atom stereocenters. The van der Waals surface area contributed by atoms with E-state index in [1.807, 2.05) is 36.4 Å². The third-order valence-electron chi connectivity index (χ3n) is 1.13. The maximum atomic E-state index is 7.50. The van der Waals surface area contributed by atoms with Crippen molar-refractivity contribution in [1.82, 2.24) is 9.97 Å². The fraction of sp³-hybridized carbons (Fsp3) is 0. The van der Waals surface area contributed by atoms with Gasteiger partial charge in [-0.1, -0.05) is 12.1 Å². The molecular weight excluding hydrogens is 356 g/mol. The number of pyridine rings is 2. The van der Waals surface area contributed by atoms with Crippen LogP contribution in [0.15, 0.2) is 61.2 Å². The summed E-state index contributed by atoms with van der Waals surface area (Å²) in [5, 5.41) is 0. The first-order chi connectivity index (χ1) is 10.0. The summed E-state index contributed by atoms with van der Waals surface area (Å²) in [6.07, 6.45) is 7.00. The number of hydrogen-bond acceptors (Lipinski definition) is 2. The molecule has 2 heterocycles. The maximum absolute atomic E-state index is 7.50. The second kappa shape index (κ2) is 52.1. The minimum absolute atomic E-state index is 0. The Bertz CT molecular complexity index is 321. The molecule has 0 atom stereocenters. The number of rotatable bonds is 0. The summed E-state index contributed by atoms with van der Waals surface area (Å²) < 4.78 is 30.0. The van der Waals surface area contributed by atoms with Crippen LogP contribution in [0, 0.1) is 26.6 Å². The Morgan fingerprint density at radius 2 is 0.619 bits per heavy atom. The average molecular weight is 366 g/mol. The van der Waals surface area contributed by atoms with Crippen LogP contribution >= 0.6 is 0 Å². The fourth-order valence-electron chi connectivity index (χ4n) is 0.625. The van der Waals surface area contributed by atoms with Gasteiger partial charge in [-0.05, 0) is 24.3 Å². The van der Waals surface area contributed by atoms with E-state index in [-0.39, 0.29) is 21.1 Å². The fourth-order valence-corrected chi connectivity index (χ4v) is 0.625. The van der Waals surface area contributed by atoms with E-state index < -0.39 is 0 Å². The zero-order chi connectivity index (χ0) is 16.5. The second-order valence-electron chi connectivity index (χ2n) is 2.05. The summed E-state index contributed by atoms with van der Waals surface area (Å²) in [5.41, 5.74) is 0. The Morgan fingerprint density at radius 3 is 0.667 bits per heavy atom. The molecule has 0 spiro atoms. The number of aromatic nitrogens is 2. The summed E-state index contributed by atoms with van der Waals surface area (Å²) in [5.74, 6) is 0. The quantitative estimate of drug-likeness (QED) is 0.404. The summed E-state index contributed by atoms with van der Waals surface area (Å²) in [7, 11) is 0. The largest absolute Gasteiger partial charge is 0.265 e. The minimum atomic E-state index is 0. The van der Waals surface area contributed by atoms with Crippen LogP contribution in [0.4, 0.5) is 0 Å². The molecule has 2 aromatic rings. The molecule has 0 N–H and O–H groups in total. The van der Waals surface area contributed by atoms with E-state index in [1.165, 1.54) is 0 Å². The van der Waals surface area contributed by atoms with Crippen molar-refractivity contribution in [3.63, 3.8) is 0 Å². The molecule has 0 aromatic carbocycles. The zero-order valence-electron chi connectivity index (χ0n) is 10.7. The van der Waals surface area contributed by atoms with Crippen molar-refractivity contribution in [2.45, 2.75) is 0 Å². The Hall–Kier alpha value is -2.05. The van der Waals surface area contributed by atoms with E-state index in [9.17, 15) is 0 Å². The first-order valence-electron chi connectivity index (χ1n) is 4.52. The molecule has 2 aromatic heterocycles. The van der Waals surface area contributed by atoms with Gasteiger partial charge in [0.25, 0.3) is 0 Å². The van der Waals surface area contributed by atoms with Crippen molar-refractivity contribution in [3.05, 3.63) is 87.8 Å². The average Bonchev–Trinajstić information content (AvgIpc) is 2.65. The van der Waals surface area contributed by atoms with Crippen LogP contribution in [0.5, 0.6) is 0 Å². The van der Waals surface area contributed by atoms with E-state index in [2.05, 4.69) is 36.6 Å². The SMILES string of the molecule is [C-]#[O+].[C-]#[O+].[C-]#[O+].[C-]#[O+].[Mo].c1ccncc1.c1ccncc1. The van der Waals surface area contributed by atoms with E-state index >= 15 is 0 Å². The second-order valence-corrected chi connectivity index (χ2v) is 2.05. The van der Waals surface area contributed by atoms with Gasteiger partial charge in [0.15, 0.2) is 0 Å². The van der Waals surface area contributed by atoms with Gasteiger partial charge < -0.3 is 0 Å². The molecule has 7 heteroatoms. The van der Waals surface area contributed by atoms with Crippen LogP contribution in [0.2, 0.25) is 0 Å². The van der Waals surface area contributed by atoms with E-state index in [1.54, 1.807) is 24.8 Å². The molecule has 0 bridgehead atoms. The van der Waals surface area contributed by atoms with E-state index in [0.29, 0.717) is 0 Å². The van der Waals surface area contributed by atoms with E-state index in [0.717, 1.165) is 0 Å². The standard InChI is InChI=1S/2C5H5N.4CO.Mo/c2*1-2-4-6-5-3-1;4*1-2;/h2*1-5H;;;;;. The van der Waals surface area contributed by atoms with Crippen LogP contribution < -0.4 is 0 Å². The van der Waals surface area contributed by atoms with Gasteiger partial charge in [-0.3, -0.25) is 9.97 Å². The molecule has 0 amide bonds. The van der Waals surface area contributed by atoms with Gasteiger partial charge in [0.1, 0.15) is 0 Å². The summed E-state index contributed by atoms with van der Waals surface area (Å²) in [4.78, 5) is 7.57. The predicted molar refractivity (Wildman–Crippen MR) is 64.2 cm³/mol. The molecule has 0 aliphatic rings. The first-order valence-corrected chi connectivity index (χ1v) is 4.52. The Balaban J connectivity index is -0.0000000539. The maximum Gasteiger partial charge on any atom is 0.0267 e. The van der Waals surface area contributed by atoms with Crippen molar-refractivity contribution < 1.29 is 39.7 Å². The first kappa shape index (κ1) is 31.4. The van der Waals surface area contributed by atoms with Crippen LogP contribution in [-0.2, 0) is 39.7 Å². The summed E-state index contributed by atoms with van der Waals surface area (Å²) >= 11 is 0. The molecule has 0 aliphatic carbocycles. The van der Waals surface area contributed by atoms with Crippen LogP contribution in [0.1, 0.15) is 0 Å². The molecule has 2 rings (SSSR count). The molecule has 21 heavy (non-hydrogen) atoms. The van der Waals surface area contributed by atoms with Crippen LogP contribution in [0.3, 0.4) is 0 Å². The molecule has 0 saturated heterocycles. The molecule has 0 radical (unpaired) electrons. The van der Waals surface area contributed by atoms with Crippen molar-refractivity contribution >= 4 is 0 Å². The smallest absolute Gasteiger partial charge is 0.0267 e. The monoisotopic (exact) mass is 368 g/mol. The third-order valence-corrected chi connectivity index (χ3v) is 1.13. The Kier molecular flexibility index (Phi) is 77.8. The summed E-state index contributed by atoms with van der Waals surface area (Å²) in [6.45, 7) is 18.0. The van der Waals surface area contributed by atoms with Crippen molar-refractivity contribution in [2.75, 3.05) is 0 Å². The van der Waals surface area contributed by atoms with Crippen molar-refractivity contribution in [1.29, 1.82) is 0 Å². The van der Waals surface area contributed by atoms with Gasteiger partial charge in [0, 0.05) is 45.9 Å². The van der Waals surface area contributed by atoms with Crippen molar-refractivity contribution in [3.8, 4) is 0 Å². The number of nitrogens with zero attached hydrogens (tertiary/aromatic N) is 2. The Labute approximate surface area is 137 Å². The van der Waals surface area contributed by atoms with Crippen LogP contribution in [-0.4, -0.2) is 9.97 Å². The predicted octanol–water partition coefficient (Wildman–Crippen LogP) is 2.01. The van der Waals surface area contributed by atoms with Crippen LogP contribution in [0.25, 0.3) is 0 Å².